The fourth-order valence-corrected chi connectivity index (χ4v) is 3.76. The molecule has 0 fully saturated rings. The zero-order valence-electron chi connectivity index (χ0n) is 14.3. The summed E-state index contributed by atoms with van der Waals surface area (Å²) in [6.45, 7) is 0.509. The van der Waals surface area contributed by atoms with Gasteiger partial charge in [0.2, 0.25) is 5.13 Å². The van der Waals surface area contributed by atoms with Gasteiger partial charge in [0.05, 0.1) is 16.4 Å². The first-order chi connectivity index (χ1) is 13.3. The molecular formula is C21H16BrN3OS. The number of hydrogen-bond donors (Lipinski definition) is 1. The van der Waals surface area contributed by atoms with Crippen molar-refractivity contribution in [3.8, 4) is 5.75 Å². The predicted molar refractivity (Wildman–Crippen MR) is 116 cm³/mol. The van der Waals surface area contributed by atoms with Crippen molar-refractivity contribution in [2.24, 2.45) is 5.10 Å². The molecule has 0 saturated carbocycles. The average Bonchev–Trinajstić information content (AvgIpc) is 3.11. The number of hydrogen-bond acceptors (Lipinski definition) is 5. The maximum Gasteiger partial charge on any atom is 0.204 e. The second-order valence-electron chi connectivity index (χ2n) is 5.81. The van der Waals surface area contributed by atoms with Gasteiger partial charge in [0, 0.05) is 10.0 Å². The summed E-state index contributed by atoms with van der Waals surface area (Å²) in [6, 6.07) is 24.0. The molecule has 3 aromatic carbocycles. The molecule has 0 bridgehead atoms. The first kappa shape index (κ1) is 17.7. The van der Waals surface area contributed by atoms with Crippen LogP contribution in [0.3, 0.4) is 0 Å². The van der Waals surface area contributed by atoms with E-state index in [2.05, 4.69) is 31.4 Å². The number of thiazole rings is 1. The number of aromatic nitrogens is 1. The number of halogens is 1. The fraction of sp³-hybridized carbons (Fsp3) is 0.0476. The quantitative estimate of drug-likeness (QED) is 0.293. The monoisotopic (exact) mass is 437 g/mol. The second kappa shape index (κ2) is 8.33. The topological polar surface area (TPSA) is 46.5 Å². The van der Waals surface area contributed by atoms with Crippen LogP contribution in [0.25, 0.3) is 10.2 Å². The molecule has 4 rings (SSSR count). The maximum absolute atomic E-state index is 5.98. The number of anilines is 1. The Morgan fingerprint density at radius 2 is 1.85 bits per heavy atom. The van der Waals surface area contributed by atoms with Gasteiger partial charge in [-0.3, -0.25) is 5.43 Å². The van der Waals surface area contributed by atoms with Gasteiger partial charge < -0.3 is 4.74 Å². The molecule has 1 heterocycles. The molecule has 0 aliphatic rings. The molecule has 0 aliphatic heterocycles. The third-order valence-corrected chi connectivity index (χ3v) is 5.30. The third-order valence-electron chi connectivity index (χ3n) is 3.87. The van der Waals surface area contributed by atoms with E-state index in [0.717, 1.165) is 36.7 Å². The van der Waals surface area contributed by atoms with E-state index >= 15 is 0 Å². The summed E-state index contributed by atoms with van der Waals surface area (Å²) in [4.78, 5) is 4.51. The first-order valence-electron chi connectivity index (χ1n) is 8.39. The average molecular weight is 438 g/mol. The summed E-state index contributed by atoms with van der Waals surface area (Å²) in [5, 5.41) is 5.09. The molecule has 6 heteroatoms. The molecule has 1 aromatic heterocycles. The summed E-state index contributed by atoms with van der Waals surface area (Å²) in [7, 11) is 0. The minimum atomic E-state index is 0.509. The van der Waals surface area contributed by atoms with Crippen LogP contribution >= 0.6 is 27.3 Å². The van der Waals surface area contributed by atoms with E-state index in [1.54, 1.807) is 17.6 Å². The van der Waals surface area contributed by atoms with Crippen LogP contribution in [0, 0.1) is 0 Å². The molecule has 4 nitrogen and oxygen atoms in total. The van der Waals surface area contributed by atoms with Crippen molar-refractivity contribution >= 4 is 48.8 Å². The highest BCUT2D eigenvalue weighted by Crippen LogP contribution is 2.26. The molecule has 4 aromatic rings. The molecule has 0 unspecified atom stereocenters. The van der Waals surface area contributed by atoms with Crippen molar-refractivity contribution < 1.29 is 4.74 Å². The number of para-hydroxylation sites is 1. The smallest absolute Gasteiger partial charge is 0.204 e. The number of benzene rings is 3. The van der Waals surface area contributed by atoms with Crippen LogP contribution in [-0.4, -0.2) is 11.2 Å². The molecule has 0 aliphatic carbocycles. The van der Waals surface area contributed by atoms with E-state index in [4.69, 9.17) is 4.74 Å². The van der Waals surface area contributed by atoms with Gasteiger partial charge in [-0.05, 0) is 35.9 Å². The molecule has 1 N–H and O–H groups in total. The lowest BCUT2D eigenvalue weighted by Gasteiger charge is -2.09. The lowest BCUT2D eigenvalue weighted by Crippen LogP contribution is -1.99. The molecule has 0 saturated heterocycles. The lowest BCUT2D eigenvalue weighted by molar-refractivity contribution is 0.306. The lowest BCUT2D eigenvalue weighted by atomic mass is 10.2. The minimum absolute atomic E-state index is 0.509. The van der Waals surface area contributed by atoms with Gasteiger partial charge in [-0.15, -0.1) is 0 Å². The highest BCUT2D eigenvalue weighted by Gasteiger charge is 2.05. The van der Waals surface area contributed by atoms with Crippen LogP contribution in [0.15, 0.2) is 82.4 Å². The highest BCUT2D eigenvalue weighted by atomic mass is 79.9. The number of fused-ring (bicyclic) bond motifs is 1. The molecule has 27 heavy (non-hydrogen) atoms. The number of nitrogens with zero attached hydrogens (tertiary/aromatic N) is 2. The minimum Gasteiger partial charge on any atom is -0.488 e. The summed E-state index contributed by atoms with van der Waals surface area (Å²) >= 11 is 5.08. The van der Waals surface area contributed by atoms with E-state index in [1.807, 2.05) is 72.8 Å². The van der Waals surface area contributed by atoms with Crippen LogP contribution in [0.1, 0.15) is 11.1 Å². The summed E-state index contributed by atoms with van der Waals surface area (Å²) in [6.07, 6.45) is 1.75. The Bertz CT molecular complexity index is 1050. The van der Waals surface area contributed by atoms with Gasteiger partial charge >= 0.3 is 0 Å². The summed E-state index contributed by atoms with van der Waals surface area (Å²) in [5.41, 5.74) is 5.98. The maximum atomic E-state index is 5.98. The third kappa shape index (κ3) is 4.53. The number of rotatable bonds is 6. The Morgan fingerprint density at radius 3 is 2.70 bits per heavy atom. The zero-order valence-corrected chi connectivity index (χ0v) is 16.7. The van der Waals surface area contributed by atoms with Gasteiger partial charge in [-0.2, -0.15) is 5.10 Å². The van der Waals surface area contributed by atoms with Gasteiger partial charge in [0.1, 0.15) is 12.4 Å². The van der Waals surface area contributed by atoms with Crippen molar-refractivity contribution in [3.05, 3.63) is 88.4 Å². The molecule has 0 radical (unpaired) electrons. The van der Waals surface area contributed by atoms with Crippen molar-refractivity contribution in [2.75, 3.05) is 5.43 Å². The van der Waals surface area contributed by atoms with Crippen molar-refractivity contribution in [1.29, 1.82) is 0 Å². The van der Waals surface area contributed by atoms with Gasteiger partial charge in [0.25, 0.3) is 0 Å². The van der Waals surface area contributed by atoms with E-state index in [0.29, 0.717) is 6.61 Å². The fourth-order valence-electron chi connectivity index (χ4n) is 2.56. The van der Waals surface area contributed by atoms with Gasteiger partial charge in [0.15, 0.2) is 0 Å². The Balaban J connectivity index is 1.48. The Hall–Kier alpha value is -2.70. The number of ether oxygens (including phenoxy) is 1. The molecule has 0 atom stereocenters. The van der Waals surface area contributed by atoms with Crippen LogP contribution < -0.4 is 10.2 Å². The zero-order chi connectivity index (χ0) is 18.5. The first-order valence-corrected chi connectivity index (χ1v) is 10.00. The molecule has 0 spiro atoms. The summed E-state index contributed by atoms with van der Waals surface area (Å²) < 4.78 is 8.07. The van der Waals surface area contributed by atoms with Gasteiger partial charge in [-0.25, -0.2) is 4.98 Å². The standard InChI is InChI=1S/C21H16BrN3OS/c22-17-10-11-19(26-14-15-6-2-1-3-7-15)16(12-17)13-23-25-21-24-18-8-4-5-9-20(18)27-21/h1-13H,14H2,(H,24,25). The van der Waals surface area contributed by atoms with Gasteiger partial charge in [-0.1, -0.05) is 69.7 Å². The summed E-state index contributed by atoms with van der Waals surface area (Å²) in [5.74, 6) is 0.775. The van der Waals surface area contributed by atoms with Crippen LogP contribution in [0.2, 0.25) is 0 Å². The SMILES string of the molecule is Brc1ccc(OCc2ccccc2)c(C=NNc2nc3ccccc3s2)c1. The van der Waals surface area contributed by atoms with Crippen LogP contribution in [0.5, 0.6) is 5.75 Å². The van der Waals surface area contributed by atoms with E-state index < -0.39 is 0 Å². The highest BCUT2D eigenvalue weighted by molar-refractivity contribution is 9.10. The molecular weight excluding hydrogens is 422 g/mol. The normalized spacial score (nSPS) is 11.1. The number of hydrazone groups is 1. The van der Waals surface area contributed by atoms with Crippen LogP contribution in [0.4, 0.5) is 5.13 Å². The predicted octanol–water partition coefficient (Wildman–Crippen LogP) is 6.08. The van der Waals surface area contributed by atoms with Crippen LogP contribution in [-0.2, 0) is 6.61 Å². The van der Waals surface area contributed by atoms with E-state index in [-0.39, 0.29) is 0 Å². The molecule has 0 amide bonds. The number of nitrogens with one attached hydrogen (secondary N) is 1. The van der Waals surface area contributed by atoms with E-state index in [9.17, 15) is 0 Å². The van der Waals surface area contributed by atoms with Crippen molar-refractivity contribution in [2.45, 2.75) is 6.61 Å². The largest absolute Gasteiger partial charge is 0.488 e. The Morgan fingerprint density at radius 1 is 1.04 bits per heavy atom. The van der Waals surface area contributed by atoms with Crippen molar-refractivity contribution in [1.82, 2.24) is 4.98 Å². The molecule has 134 valence electrons. The van der Waals surface area contributed by atoms with Crippen molar-refractivity contribution in [3.63, 3.8) is 0 Å². The second-order valence-corrected chi connectivity index (χ2v) is 7.76. The Labute approximate surface area is 169 Å². The Kier molecular flexibility index (Phi) is 5.46. The van der Waals surface area contributed by atoms with E-state index in [1.165, 1.54) is 0 Å².